The molecule has 3 unspecified atom stereocenters. The maximum absolute atomic E-state index is 11.6. The summed E-state index contributed by atoms with van der Waals surface area (Å²) in [5, 5.41) is 13.9. The SMILES string of the molecule is Cn1ccc(CN2C(C(=O)O)CCC3CCCCC32)n1. The Kier molecular flexibility index (Phi) is 3.78. The number of piperidine rings is 1. The molecule has 2 aliphatic rings. The van der Waals surface area contributed by atoms with E-state index in [0.29, 0.717) is 18.5 Å². The van der Waals surface area contributed by atoms with Gasteiger partial charge in [0.1, 0.15) is 6.04 Å². The Bertz CT molecular complexity index is 485. The molecular formula is C15H23N3O2. The third-order valence-electron chi connectivity index (χ3n) is 4.90. The zero-order valence-corrected chi connectivity index (χ0v) is 12.0. The lowest BCUT2D eigenvalue weighted by atomic mass is 9.76. The lowest BCUT2D eigenvalue weighted by molar-refractivity contribution is -0.148. The maximum Gasteiger partial charge on any atom is 0.320 e. The molecule has 20 heavy (non-hydrogen) atoms. The summed E-state index contributed by atoms with van der Waals surface area (Å²) in [6, 6.07) is 2.09. The number of nitrogens with zero attached hydrogens (tertiary/aromatic N) is 3. The number of hydrogen-bond donors (Lipinski definition) is 1. The molecule has 1 aliphatic carbocycles. The lowest BCUT2D eigenvalue weighted by Crippen LogP contribution is -2.54. The van der Waals surface area contributed by atoms with Crippen LogP contribution >= 0.6 is 0 Å². The summed E-state index contributed by atoms with van der Waals surface area (Å²) in [6.07, 6.45) is 8.71. The van der Waals surface area contributed by atoms with Gasteiger partial charge in [-0.1, -0.05) is 12.8 Å². The molecule has 2 heterocycles. The van der Waals surface area contributed by atoms with E-state index >= 15 is 0 Å². The fourth-order valence-corrected chi connectivity index (χ4v) is 3.96. The van der Waals surface area contributed by atoms with Crippen molar-refractivity contribution < 1.29 is 9.90 Å². The Morgan fingerprint density at radius 1 is 1.35 bits per heavy atom. The first-order valence-electron chi connectivity index (χ1n) is 7.62. The minimum Gasteiger partial charge on any atom is -0.480 e. The van der Waals surface area contributed by atoms with Crippen molar-refractivity contribution in [2.24, 2.45) is 13.0 Å². The second-order valence-electron chi connectivity index (χ2n) is 6.20. The number of carboxylic acid groups (broad SMARTS) is 1. The van der Waals surface area contributed by atoms with Gasteiger partial charge in [-0.15, -0.1) is 0 Å². The zero-order chi connectivity index (χ0) is 14.1. The molecule has 2 fully saturated rings. The van der Waals surface area contributed by atoms with E-state index in [1.807, 2.05) is 19.3 Å². The minimum absolute atomic E-state index is 0.337. The summed E-state index contributed by atoms with van der Waals surface area (Å²) < 4.78 is 1.79. The van der Waals surface area contributed by atoms with Gasteiger partial charge in [0, 0.05) is 25.8 Å². The van der Waals surface area contributed by atoms with Gasteiger partial charge >= 0.3 is 5.97 Å². The van der Waals surface area contributed by atoms with Crippen molar-refractivity contribution in [2.45, 2.75) is 57.2 Å². The Morgan fingerprint density at radius 2 is 2.15 bits per heavy atom. The van der Waals surface area contributed by atoms with Crippen LogP contribution in [0.25, 0.3) is 0 Å². The first kappa shape index (κ1) is 13.6. The number of carboxylic acids is 1. The molecule has 1 aromatic heterocycles. The van der Waals surface area contributed by atoms with E-state index in [9.17, 15) is 9.90 Å². The van der Waals surface area contributed by atoms with E-state index in [4.69, 9.17) is 0 Å². The predicted octanol–water partition coefficient (Wildman–Crippen LogP) is 2.03. The van der Waals surface area contributed by atoms with E-state index in [2.05, 4.69) is 10.00 Å². The van der Waals surface area contributed by atoms with Gasteiger partial charge in [-0.3, -0.25) is 14.4 Å². The van der Waals surface area contributed by atoms with Crippen molar-refractivity contribution in [3.63, 3.8) is 0 Å². The van der Waals surface area contributed by atoms with Crippen LogP contribution in [0, 0.1) is 5.92 Å². The second-order valence-corrected chi connectivity index (χ2v) is 6.20. The number of rotatable bonds is 3. The molecule has 5 nitrogen and oxygen atoms in total. The first-order valence-corrected chi connectivity index (χ1v) is 7.62. The van der Waals surface area contributed by atoms with E-state index in [1.54, 1.807) is 4.68 Å². The highest BCUT2D eigenvalue weighted by atomic mass is 16.4. The zero-order valence-electron chi connectivity index (χ0n) is 12.0. The summed E-state index contributed by atoms with van der Waals surface area (Å²) in [5.41, 5.74) is 0.977. The Hall–Kier alpha value is -1.36. The van der Waals surface area contributed by atoms with E-state index in [-0.39, 0.29) is 6.04 Å². The molecule has 5 heteroatoms. The number of hydrogen-bond acceptors (Lipinski definition) is 3. The Morgan fingerprint density at radius 3 is 2.85 bits per heavy atom. The average molecular weight is 277 g/mol. The van der Waals surface area contributed by atoms with E-state index < -0.39 is 5.97 Å². The van der Waals surface area contributed by atoms with Gasteiger partial charge in [0.25, 0.3) is 0 Å². The molecule has 0 amide bonds. The van der Waals surface area contributed by atoms with Gasteiger partial charge < -0.3 is 5.11 Å². The molecule has 0 radical (unpaired) electrons. The van der Waals surface area contributed by atoms with Crippen molar-refractivity contribution in [1.82, 2.24) is 14.7 Å². The predicted molar refractivity (Wildman–Crippen MR) is 75.2 cm³/mol. The van der Waals surface area contributed by atoms with Crippen molar-refractivity contribution in [3.8, 4) is 0 Å². The smallest absolute Gasteiger partial charge is 0.320 e. The van der Waals surface area contributed by atoms with Gasteiger partial charge in [0.15, 0.2) is 0 Å². The number of aliphatic carboxylic acids is 1. The minimum atomic E-state index is -0.676. The van der Waals surface area contributed by atoms with E-state index in [1.165, 1.54) is 19.3 Å². The molecule has 0 bridgehead atoms. The molecule has 0 aromatic carbocycles. The summed E-state index contributed by atoms with van der Waals surface area (Å²) in [4.78, 5) is 13.8. The van der Waals surface area contributed by atoms with Crippen LogP contribution in [0.1, 0.15) is 44.2 Å². The van der Waals surface area contributed by atoms with Crippen LogP contribution in [-0.4, -0.2) is 37.8 Å². The van der Waals surface area contributed by atoms with Crippen LogP contribution in [0.4, 0.5) is 0 Å². The topological polar surface area (TPSA) is 58.4 Å². The maximum atomic E-state index is 11.6. The normalized spacial score (nSPS) is 30.9. The van der Waals surface area contributed by atoms with Crippen molar-refractivity contribution in [2.75, 3.05) is 0 Å². The van der Waals surface area contributed by atoms with Gasteiger partial charge in [-0.2, -0.15) is 5.10 Å². The van der Waals surface area contributed by atoms with Crippen LogP contribution < -0.4 is 0 Å². The highest BCUT2D eigenvalue weighted by molar-refractivity contribution is 5.73. The molecule has 0 spiro atoms. The molecule has 1 saturated heterocycles. The number of carbonyl (C=O) groups is 1. The van der Waals surface area contributed by atoms with Crippen LogP contribution in [0.5, 0.6) is 0 Å². The van der Waals surface area contributed by atoms with Crippen LogP contribution in [0.3, 0.4) is 0 Å². The van der Waals surface area contributed by atoms with Gasteiger partial charge in [0.2, 0.25) is 0 Å². The van der Waals surface area contributed by atoms with Crippen molar-refractivity contribution >= 4 is 5.97 Å². The number of aryl methyl sites for hydroxylation is 1. The third-order valence-corrected chi connectivity index (χ3v) is 4.90. The standard InChI is InChI=1S/C15H23N3O2/c1-17-9-8-12(16-17)10-18-13-5-3-2-4-11(13)6-7-14(18)15(19)20/h8-9,11,13-14H,2-7,10H2,1H3,(H,19,20). The Balaban J connectivity index is 1.81. The van der Waals surface area contributed by atoms with Crippen LogP contribution in [-0.2, 0) is 18.4 Å². The third kappa shape index (κ3) is 2.59. The summed E-state index contributed by atoms with van der Waals surface area (Å²) in [5.74, 6) is 0.00742. The molecule has 3 atom stereocenters. The van der Waals surface area contributed by atoms with Crippen molar-refractivity contribution in [1.29, 1.82) is 0 Å². The van der Waals surface area contributed by atoms with Crippen LogP contribution in [0.2, 0.25) is 0 Å². The molecule has 110 valence electrons. The molecule has 1 N–H and O–H groups in total. The molecule has 1 aromatic rings. The lowest BCUT2D eigenvalue weighted by Gasteiger charge is -2.47. The average Bonchev–Trinajstić information content (AvgIpc) is 2.84. The summed E-state index contributed by atoms with van der Waals surface area (Å²) >= 11 is 0. The molecule has 1 aliphatic heterocycles. The number of aromatic nitrogens is 2. The quantitative estimate of drug-likeness (QED) is 0.918. The highest BCUT2D eigenvalue weighted by Crippen LogP contribution is 2.38. The van der Waals surface area contributed by atoms with Gasteiger partial charge in [-0.05, 0) is 37.7 Å². The van der Waals surface area contributed by atoms with Gasteiger partial charge in [-0.25, -0.2) is 0 Å². The van der Waals surface area contributed by atoms with Crippen molar-refractivity contribution in [3.05, 3.63) is 18.0 Å². The monoisotopic (exact) mass is 277 g/mol. The van der Waals surface area contributed by atoms with Crippen LogP contribution in [0.15, 0.2) is 12.3 Å². The summed E-state index contributed by atoms with van der Waals surface area (Å²) in [6.45, 7) is 0.666. The fourth-order valence-electron chi connectivity index (χ4n) is 3.96. The molecule has 3 rings (SSSR count). The first-order chi connectivity index (χ1) is 9.65. The Labute approximate surface area is 119 Å². The molecule has 1 saturated carbocycles. The second kappa shape index (κ2) is 5.56. The van der Waals surface area contributed by atoms with E-state index in [0.717, 1.165) is 25.0 Å². The molecular weight excluding hydrogens is 254 g/mol. The highest BCUT2D eigenvalue weighted by Gasteiger charge is 2.41. The summed E-state index contributed by atoms with van der Waals surface area (Å²) in [7, 11) is 1.90. The number of fused-ring (bicyclic) bond motifs is 1. The number of likely N-dealkylation sites (tertiary alicyclic amines) is 1. The largest absolute Gasteiger partial charge is 0.480 e. The van der Waals surface area contributed by atoms with Gasteiger partial charge in [0.05, 0.1) is 5.69 Å². The fraction of sp³-hybridized carbons (Fsp3) is 0.733.